The van der Waals surface area contributed by atoms with Gasteiger partial charge in [-0.2, -0.15) is 0 Å². The van der Waals surface area contributed by atoms with Gasteiger partial charge in [-0.3, -0.25) is 9.59 Å². The summed E-state index contributed by atoms with van der Waals surface area (Å²) in [5, 5.41) is 13.5. The number of rotatable bonds is 6. The van der Waals surface area contributed by atoms with Crippen LogP contribution in [0, 0.1) is 0 Å². The number of aromatic nitrogens is 1. The molecule has 0 aliphatic rings. The van der Waals surface area contributed by atoms with Gasteiger partial charge in [-0.1, -0.05) is 34.1 Å². The Balaban J connectivity index is 0. The number of carbonyl (C=O) groups is 2. The Labute approximate surface area is 137 Å². The summed E-state index contributed by atoms with van der Waals surface area (Å²) in [4.78, 5) is 25.9. The summed E-state index contributed by atoms with van der Waals surface area (Å²) in [5.41, 5.74) is 0.975. The van der Waals surface area contributed by atoms with E-state index in [4.69, 9.17) is 5.11 Å². The maximum atomic E-state index is 10.4. The average molecular weight is 331 g/mol. The van der Waals surface area contributed by atoms with Gasteiger partial charge in [-0.05, 0) is 7.05 Å². The molecule has 0 saturated carbocycles. The minimum absolute atomic E-state index is 0.0417. The maximum absolute atomic E-state index is 10.4. The number of aliphatic carboxylic acids is 1. The molecule has 0 bridgehead atoms. The number of nitrogens with one attached hydrogen (secondary N) is 1. The summed E-state index contributed by atoms with van der Waals surface area (Å²) < 4.78 is 0. The van der Waals surface area contributed by atoms with Gasteiger partial charge < -0.3 is 15.3 Å². The van der Waals surface area contributed by atoms with E-state index in [-0.39, 0.29) is 6.54 Å². The molecule has 1 aromatic heterocycles. The van der Waals surface area contributed by atoms with Crippen molar-refractivity contribution in [2.45, 2.75) is 46.6 Å². The zero-order valence-electron chi connectivity index (χ0n) is 14.4. The standard InChI is InChI=1S/C9H14N2OS.C3H7NO2.C3H8/c1-7(2)9-10-8(5-13-9)4-11(3)6-12;1-4-2-3(5)6;1-3-2/h5-7H,4H2,1-3H3;4H,2H2,1H3,(H,5,6);3H2,1-2H3. The van der Waals surface area contributed by atoms with Crippen molar-refractivity contribution in [1.29, 1.82) is 0 Å². The number of hydrogen-bond acceptors (Lipinski definition) is 5. The molecule has 6 nitrogen and oxygen atoms in total. The summed E-state index contributed by atoms with van der Waals surface area (Å²) in [6.45, 7) is 9.13. The molecule has 0 aromatic carbocycles. The molecule has 22 heavy (non-hydrogen) atoms. The molecular formula is C15H29N3O3S. The number of carbonyl (C=O) groups excluding carboxylic acids is 1. The van der Waals surface area contributed by atoms with Crippen LogP contribution >= 0.6 is 11.3 Å². The Morgan fingerprint density at radius 1 is 1.50 bits per heavy atom. The third kappa shape index (κ3) is 13.5. The Morgan fingerprint density at radius 2 is 2.05 bits per heavy atom. The van der Waals surface area contributed by atoms with Crippen LogP contribution in [0.4, 0.5) is 0 Å². The van der Waals surface area contributed by atoms with E-state index in [1.165, 1.54) is 6.42 Å². The molecule has 2 N–H and O–H groups in total. The zero-order valence-corrected chi connectivity index (χ0v) is 15.2. The summed E-state index contributed by atoms with van der Waals surface area (Å²) in [5.74, 6) is -0.349. The van der Waals surface area contributed by atoms with E-state index in [0.29, 0.717) is 12.5 Å². The van der Waals surface area contributed by atoms with E-state index in [0.717, 1.165) is 17.1 Å². The first-order valence-electron chi connectivity index (χ1n) is 7.28. The monoisotopic (exact) mass is 331 g/mol. The largest absolute Gasteiger partial charge is 0.480 e. The molecule has 0 aliphatic heterocycles. The number of thiazole rings is 1. The van der Waals surface area contributed by atoms with E-state index in [9.17, 15) is 9.59 Å². The van der Waals surface area contributed by atoms with Crippen molar-refractivity contribution in [2.24, 2.45) is 0 Å². The molecular weight excluding hydrogens is 302 g/mol. The Kier molecular flexibility index (Phi) is 15.0. The molecule has 128 valence electrons. The Bertz CT molecular complexity index is 408. The van der Waals surface area contributed by atoms with Gasteiger partial charge in [-0.25, -0.2) is 4.98 Å². The molecule has 1 aromatic rings. The van der Waals surface area contributed by atoms with Crippen molar-refractivity contribution in [3.63, 3.8) is 0 Å². The predicted molar refractivity (Wildman–Crippen MR) is 91.3 cm³/mol. The number of carboxylic acids is 1. The lowest BCUT2D eigenvalue weighted by molar-refractivity contribution is -0.135. The molecule has 1 rings (SSSR count). The quantitative estimate of drug-likeness (QED) is 0.783. The lowest BCUT2D eigenvalue weighted by Crippen LogP contribution is -2.16. The second kappa shape index (κ2) is 14.5. The highest BCUT2D eigenvalue weighted by atomic mass is 32.1. The van der Waals surface area contributed by atoms with E-state index < -0.39 is 5.97 Å². The first-order valence-corrected chi connectivity index (χ1v) is 8.16. The van der Waals surface area contributed by atoms with Gasteiger partial charge in [0.05, 0.1) is 23.8 Å². The van der Waals surface area contributed by atoms with Gasteiger partial charge in [0.1, 0.15) is 0 Å². The minimum Gasteiger partial charge on any atom is -0.480 e. The van der Waals surface area contributed by atoms with Crippen LogP contribution in [0.1, 0.15) is 50.7 Å². The summed E-state index contributed by atoms with van der Waals surface area (Å²) >= 11 is 1.66. The number of nitrogens with zero attached hydrogens (tertiary/aromatic N) is 2. The number of amides is 1. The first-order chi connectivity index (χ1) is 10.3. The maximum Gasteiger partial charge on any atom is 0.317 e. The van der Waals surface area contributed by atoms with Crippen LogP contribution in [-0.4, -0.2) is 48.0 Å². The molecule has 0 unspecified atom stereocenters. The van der Waals surface area contributed by atoms with Crippen molar-refractivity contribution in [3.8, 4) is 0 Å². The average Bonchev–Trinajstić information content (AvgIpc) is 2.88. The third-order valence-corrected chi connectivity index (χ3v) is 3.18. The lowest BCUT2D eigenvalue weighted by atomic mass is 10.2. The second-order valence-corrected chi connectivity index (χ2v) is 5.87. The summed E-state index contributed by atoms with van der Waals surface area (Å²) in [6, 6.07) is 0. The Hall–Kier alpha value is -1.47. The van der Waals surface area contributed by atoms with Crippen molar-refractivity contribution in [1.82, 2.24) is 15.2 Å². The smallest absolute Gasteiger partial charge is 0.317 e. The lowest BCUT2D eigenvalue weighted by Gasteiger charge is -2.06. The van der Waals surface area contributed by atoms with Crippen LogP contribution in [0.2, 0.25) is 0 Å². The number of hydrogen-bond donors (Lipinski definition) is 2. The highest BCUT2D eigenvalue weighted by molar-refractivity contribution is 7.09. The molecule has 0 radical (unpaired) electrons. The molecule has 1 heterocycles. The van der Waals surface area contributed by atoms with E-state index in [2.05, 4.69) is 38.0 Å². The molecule has 0 atom stereocenters. The molecule has 1 amide bonds. The van der Waals surface area contributed by atoms with Crippen molar-refractivity contribution in [3.05, 3.63) is 16.1 Å². The van der Waals surface area contributed by atoms with Crippen LogP contribution in [-0.2, 0) is 16.1 Å². The van der Waals surface area contributed by atoms with E-state index in [1.54, 1.807) is 30.3 Å². The fraction of sp³-hybridized carbons (Fsp3) is 0.667. The summed E-state index contributed by atoms with van der Waals surface area (Å²) in [7, 11) is 3.34. The van der Waals surface area contributed by atoms with Crippen LogP contribution in [0.15, 0.2) is 5.38 Å². The number of likely N-dealkylation sites (N-methyl/N-ethyl adjacent to an activating group) is 1. The first kappa shape index (κ1) is 22.8. The third-order valence-electron chi connectivity index (χ3n) is 1.98. The van der Waals surface area contributed by atoms with Crippen LogP contribution in [0.3, 0.4) is 0 Å². The second-order valence-electron chi connectivity index (χ2n) is 4.98. The fourth-order valence-electron chi connectivity index (χ4n) is 1.10. The zero-order chi connectivity index (χ0) is 17.5. The van der Waals surface area contributed by atoms with Crippen LogP contribution in [0.5, 0.6) is 0 Å². The highest BCUT2D eigenvalue weighted by Gasteiger charge is 2.06. The van der Waals surface area contributed by atoms with Gasteiger partial charge >= 0.3 is 5.97 Å². The normalized spacial score (nSPS) is 9.23. The molecule has 7 heteroatoms. The van der Waals surface area contributed by atoms with Crippen molar-refractivity contribution < 1.29 is 14.7 Å². The van der Waals surface area contributed by atoms with Gasteiger partial charge in [0.25, 0.3) is 0 Å². The molecule has 0 saturated heterocycles. The van der Waals surface area contributed by atoms with Crippen molar-refractivity contribution in [2.75, 3.05) is 20.6 Å². The van der Waals surface area contributed by atoms with Gasteiger partial charge in [-0.15, -0.1) is 11.3 Å². The topological polar surface area (TPSA) is 82.5 Å². The van der Waals surface area contributed by atoms with Crippen molar-refractivity contribution >= 4 is 23.7 Å². The van der Waals surface area contributed by atoms with Gasteiger partial charge in [0, 0.05) is 18.3 Å². The van der Waals surface area contributed by atoms with E-state index in [1.807, 2.05) is 5.38 Å². The van der Waals surface area contributed by atoms with Gasteiger partial charge in [0.2, 0.25) is 6.41 Å². The fourth-order valence-corrected chi connectivity index (χ4v) is 1.93. The minimum atomic E-state index is -0.822. The van der Waals surface area contributed by atoms with Crippen LogP contribution < -0.4 is 5.32 Å². The van der Waals surface area contributed by atoms with Gasteiger partial charge in [0.15, 0.2) is 0 Å². The molecule has 0 aliphatic carbocycles. The predicted octanol–water partition coefficient (Wildman–Crippen LogP) is 2.56. The SMILES string of the molecule is CC(C)c1nc(CN(C)C=O)cs1.CCC.CNCC(=O)O. The Morgan fingerprint density at radius 3 is 2.32 bits per heavy atom. The highest BCUT2D eigenvalue weighted by Crippen LogP contribution is 2.19. The molecule has 0 spiro atoms. The van der Waals surface area contributed by atoms with Crippen LogP contribution in [0.25, 0.3) is 0 Å². The summed E-state index contributed by atoms with van der Waals surface area (Å²) in [6.07, 6.45) is 2.06. The molecule has 0 fully saturated rings. The van der Waals surface area contributed by atoms with E-state index >= 15 is 0 Å². The number of carboxylic acid groups (broad SMARTS) is 1.